The van der Waals surface area contributed by atoms with E-state index in [0.29, 0.717) is 0 Å². The third kappa shape index (κ3) is 0.178. The molecule has 0 amide bonds. The standard InChI is InChI=1S/C8H12/c1-2-8-4-3-5-6(8)7(5)8/h5-7H,2-4H2,1H3. The molecule has 44 valence electrons. The van der Waals surface area contributed by atoms with Crippen molar-refractivity contribution in [3.8, 4) is 0 Å². The number of rotatable bonds is 1. The number of hydrogen-bond donors (Lipinski definition) is 0. The summed E-state index contributed by atoms with van der Waals surface area (Å²) in [5, 5.41) is 0. The molecule has 0 aliphatic heterocycles. The second-order valence-electron chi connectivity index (χ2n) is 3.84. The van der Waals surface area contributed by atoms with Gasteiger partial charge in [0, 0.05) is 0 Å². The molecule has 4 aliphatic rings. The van der Waals surface area contributed by atoms with Gasteiger partial charge in [-0.2, -0.15) is 0 Å². The first-order valence-electron chi connectivity index (χ1n) is 3.90. The maximum Gasteiger partial charge on any atom is -0.0232 e. The summed E-state index contributed by atoms with van der Waals surface area (Å²) in [7, 11) is 0. The molecule has 4 aliphatic carbocycles. The van der Waals surface area contributed by atoms with Crippen LogP contribution >= 0.6 is 0 Å². The Morgan fingerprint density at radius 1 is 1.50 bits per heavy atom. The second kappa shape index (κ2) is 0.778. The molecule has 0 spiro atoms. The quantitative estimate of drug-likeness (QED) is 0.482. The van der Waals surface area contributed by atoms with Gasteiger partial charge in [-0.1, -0.05) is 6.92 Å². The van der Waals surface area contributed by atoms with Crippen molar-refractivity contribution in [1.82, 2.24) is 0 Å². The van der Waals surface area contributed by atoms with E-state index < -0.39 is 0 Å². The molecule has 4 fully saturated rings. The minimum atomic E-state index is 0.963. The molecule has 4 rings (SSSR count). The molecular formula is C8H12. The summed E-state index contributed by atoms with van der Waals surface area (Å²) >= 11 is 0. The lowest BCUT2D eigenvalue weighted by Crippen LogP contribution is -2.03. The normalized spacial score (nSPS) is 72.4. The molecule has 0 aromatic heterocycles. The fourth-order valence-corrected chi connectivity index (χ4v) is 3.44. The van der Waals surface area contributed by atoms with E-state index >= 15 is 0 Å². The van der Waals surface area contributed by atoms with E-state index in [1.807, 2.05) is 0 Å². The van der Waals surface area contributed by atoms with Gasteiger partial charge in [0.1, 0.15) is 0 Å². The van der Waals surface area contributed by atoms with Crippen molar-refractivity contribution in [1.29, 1.82) is 0 Å². The van der Waals surface area contributed by atoms with Crippen LogP contribution in [0.1, 0.15) is 26.2 Å². The van der Waals surface area contributed by atoms with Crippen LogP contribution in [0.15, 0.2) is 0 Å². The van der Waals surface area contributed by atoms with Crippen LogP contribution in [-0.2, 0) is 0 Å². The smallest absolute Gasteiger partial charge is 0.0232 e. The first kappa shape index (κ1) is 3.92. The predicted molar refractivity (Wildman–Crippen MR) is 32.4 cm³/mol. The summed E-state index contributed by atoms with van der Waals surface area (Å²) in [5.41, 5.74) is 0.963. The summed E-state index contributed by atoms with van der Waals surface area (Å²) in [6, 6.07) is 0. The SMILES string of the molecule is CCC12CCC3C1C32. The van der Waals surface area contributed by atoms with Crippen molar-refractivity contribution in [2.75, 3.05) is 0 Å². The zero-order valence-corrected chi connectivity index (χ0v) is 5.35. The van der Waals surface area contributed by atoms with Crippen molar-refractivity contribution in [3.05, 3.63) is 0 Å². The molecule has 0 heteroatoms. The van der Waals surface area contributed by atoms with Crippen LogP contribution in [0.3, 0.4) is 0 Å². The summed E-state index contributed by atoms with van der Waals surface area (Å²) in [4.78, 5) is 0. The van der Waals surface area contributed by atoms with E-state index in [9.17, 15) is 0 Å². The van der Waals surface area contributed by atoms with Crippen molar-refractivity contribution < 1.29 is 0 Å². The van der Waals surface area contributed by atoms with Crippen LogP contribution in [0.25, 0.3) is 0 Å². The van der Waals surface area contributed by atoms with E-state index in [2.05, 4.69) is 6.92 Å². The molecule has 0 aromatic carbocycles. The molecule has 2 unspecified atom stereocenters. The first-order valence-corrected chi connectivity index (χ1v) is 3.90. The lowest BCUT2D eigenvalue weighted by atomic mass is 9.94. The highest BCUT2D eigenvalue weighted by Crippen LogP contribution is 2.90. The molecule has 0 aromatic rings. The molecule has 4 saturated carbocycles. The van der Waals surface area contributed by atoms with Gasteiger partial charge in [0.05, 0.1) is 0 Å². The van der Waals surface area contributed by atoms with E-state index in [-0.39, 0.29) is 0 Å². The van der Waals surface area contributed by atoms with Crippen molar-refractivity contribution in [3.63, 3.8) is 0 Å². The number of hydrogen-bond acceptors (Lipinski definition) is 0. The van der Waals surface area contributed by atoms with Gasteiger partial charge in [0.2, 0.25) is 0 Å². The fourth-order valence-electron chi connectivity index (χ4n) is 3.44. The maximum absolute atomic E-state index is 2.37. The number of fused-ring (bicyclic) bond motifs is 1. The topological polar surface area (TPSA) is 0 Å². The van der Waals surface area contributed by atoms with Crippen molar-refractivity contribution in [2.24, 2.45) is 23.2 Å². The molecule has 0 saturated heterocycles. The summed E-state index contributed by atoms with van der Waals surface area (Å²) in [6.07, 6.45) is 4.66. The molecule has 0 radical (unpaired) electrons. The van der Waals surface area contributed by atoms with Gasteiger partial charge in [0.15, 0.2) is 0 Å². The monoisotopic (exact) mass is 108 g/mol. The molecule has 0 N–H and O–H groups in total. The van der Waals surface area contributed by atoms with Crippen LogP contribution < -0.4 is 0 Å². The molecule has 8 heavy (non-hydrogen) atoms. The Labute approximate surface area is 50.3 Å². The van der Waals surface area contributed by atoms with Gasteiger partial charge in [0.25, 0.3) is 0 Å². The van der Waals surface area contributed by atoms with E-state index in [1.165, 1.54) is 24.2 Å². The molecule has 0 nitrogen and oxygen atoms in total. The van der Waals surface area contributed by atoms with Crippen molar-refractivity contribution >= 4 is 0 Å². The third-order valence-electron chi connectivity index (χ3n) is 3.99. The molecule has 2 bridgehead atoms. The lowest BCUT2D eigenvalue weighted by Gasteiger charge is -2.10. The van der Waals surface area contributed by atoms with Gasteiger partial charge in [-0.15, -0.1) is 0 Å². The van der Waals surface area contributed by atoms with E-state index in [4.69, 9.17) is 0 Å². The Balaban J connectivity index is 1.98. The van der Waals surface area contributed by atoms with Gasteiger partial charge < -0.3 is 0 Å². The molecular weight excluding hydrogens is 96.1 g/mol. The zero-order chi connectivity index (χ0) is 5.35. The highest BCUT2D eigenvalue weighted by atomic mass is 14.9. The molecule has 0 heterocycles. The highest BCUT2D eigenvalue weighted by molar-refractivity contribution is 5.32. The fraction of sp³-hybridized carbons (Fsp3) is 1.00. The van der Waals surface area contributed by atoms with Gasteiger partial charge in [-0.3, -0.25) is 0 Å². The maximum atomic E-state index is 2.37. The Morgan fingerprint density at radius 2 is 2.25 bits per heavy atom. The minimum absolute atomic E-state index is 0.963. The second-order valence-corrected chi connectivity index (χ2v) is 3.84. The zero-order valence-electron chi connectivity index (χ0n) is 5.35. The van der Waals surface area contributed by atoms with Gasteiger partial charge in [-0.25, -0.2) is 0 Å². The van der Waals surface area contributed by atoms with Gasteiger partial charge >= 0.3 is 0 Å². The lowest BCUT2D eigenvalue weighted by molar-refractivity contribution is 0.387. The molecule has 2 atom stereocenters. The van der Waals surface area contributed by atoms with Crippen molar-refractivity contribution in [2.45, 2.75) is 26.2 Å². The van der Waals surface area contributed by atoms with Crippen LogP contribution in [0, 0.1) is 23.2 Å². The average molecular weight is 108 g/mol. The minimum Gasteiger partial charge on any atom is -0.0648 e. The van der Waals surface area contributed by atoms with E-state index in [0.717, 1.165) is 5.41 Å². The Bertz CT molecular complexity index is 138. The average Bonchev–Trinajstić information content (AvgIpc) is 2.58. The van der Waals surface area contributed by atoms with Crippen LogP contribution in [-0.4, -0.2) is 0 Å². The predicted octanol–water partition coefficient (Wildman–Crippen LogP) is 2.05. The van der Waals surface area contributed by atoms with Gasteiger partial charge in [-0.05, 0) is 42.4 Å². The summed E-state index contributed by atoms with van der Waals surface area (Å²) < 4.78 is 0. The summed E-state index contributed by atoms with van der Waals surface area (Å²) in [6.45, 7) is 2.37. The largest absolute Gasteiger partial charge is 0.0648 e. The van der Waals surface area contributed by atoms with Crippen LogP contribution in [0.5, 0.6) is 0 Å². The van der Waals surface area contributed by atoms with E-state index in [1.54, 1.807) is 12.8 Å². The Morgan fingerprint density at radius 3 is 2.50 bits per heavy atom. The Kier molecular flexibility index (Phi) is 0.381. The van der Waals surface area contributed by atoms with Crippen LogP contribution in [0.4, 0.5) is 0 Å². The Hall–Kier alpha value is 0. The van der Waals surface area contributed by atoms with Crippen LogP contribution in [0.2, 0.25) is 0 Å². The third-order valence-corrected chi connectivity index (χ3v) is 3.99. The first-order chi connectivity index (χ1) is 3.90. The summed E-state index contributed by atoms with van der Waals surface area (Å²) in [5.74, 6) is 3.76. The highest BCUT2D eigenvalue weighted by Gasteiger charge is 2.85.